The van der Waals surface area contributed by atoms with Crippen LogP contribution in [0.25, 0.3) is 0 Å². The Bertz CT molecular complexity index is 740. The van der Waals surface area contributed by atoms with Gasteiger partial charge in [0.05, 0.1) is 5.92 Å². The number of aliphatic imine (C=N–C) groups is 1. The minimum absolute atomic E-state index is 0.216. The van der Waals surface area contributed by atoms with Crippen LogP contribution in [0.1, 0.15) is 17.0 Å². The van der Waals surface area contributed by atoms with Gasteiger partial charge in [0.15, 0.2) is 17.5 Å². The summed E-state index contributed by atoms with van der Waals surface area (Å²) in [6.07, 6.45) is 0.469. The number of nitrogens with two attached hydrogens (primary N) is 2. The fourth-order valence-corrected chi connectivity index (χ4v) is 2.54. The Kier molecular flexibility index (Phi) is 4.14. The van der Waals surface area contributed by atoms with E-state index in [2.05, 4.69) is 4.99 Å². The van der Waals surface area contributed by atoms with Gasteiger partial charge in [-0.15, -0.1) is 0 Å². The van der Waals surface area contributed by atoms with Gasteiger partial charge < -0.3 is 20.9 Å². The Morgan fingerprint density at radius 1 is 1.09 bits per heavy atom. The van der Waals surface area contributed by atoms with E-state index in [1.54, 1.807) is 0 Å². The van der Waals surface area contributed by atoms with Crippen molar-refractivity contribution in [2.45, 2.75) is 12.3 Å². The highest BCUT2D eigenvalue weighted by Crippen LogP contribution is 2.34. The third-order valence-corrected chi connectivity index (χ3v) is 3.62. The van der Waals surface area contributed by atoms with Gasteiger partial charge in [0.1, 0.15) is 0 Å². The molecule has 6 nitrogen and oxygen atoms in total. The van der Waals surface area contributed by atoms with Gasteiger partial charge in [-0.3, -0.25) is 4.79 Å². The van der Waals surface area contributed by atoms with Crippen LogP contribution in [-0.4, -0.2) is 18.7 Å². The number of carbonyl (C=O) groups excluding carboxylic acids is 1. The van der Waals surface area contributed by atoms with Crippen molar-refractivity contribution in [2.24, 2.45) is 16.5 Å². The third kappa shape index (κ3) is 3.42. The molecule has 0 aliphatic carbocycles. The Hall–Kier alpha value is -3.02. The summed E-state index contributed by atoms with van der Waals surface area (Å²) >= 11 is 0. The largest absolute Gasteiger partial charge is 0.454 e. The van der Waals surface area contributed by atoms with E-state index in [1.165, 1.54) is 0 Å². The van der Waals surface area contributed by atoms with Crippen LogP contribution in [-0.2, 0) is 11.2 Å². The van der Waals surface area contributed by atoms with Gasteiger partial charge in [-0.25, -0.2) is 0 Å². The topological polar surface area (TPSA) is 99.9 Å². The van der Waals surface area contributed by atoms with Crippen molar-refractivity contribution >= 4 is 11.9 Å². The van der Waals surface area contributed by atoms with Crippen LogP contribution >= 0.6 is 0 Å². The molecule has 1 aliphatic heterocycles. The number of rotatable bonds is 4. The van der Waals surface area contributed by atoms with Crippen LogP contribution in [0.15, 0.2) is 53.5 Å². The first-order valence-corrected chi connectivity index (χ1v) is 7.20. The van der Waals surface area contributed by atoms with Crippen LogP contribution in [0.3, 0.4) is 0 Å². The maximum atomic E-state index is 12.4. The zero-order valence-electron chi connectivity index (χ0n) is 12.4. The summed E-state index contributed by atoms with van der Waals surface area (Å²) in [5.41, 5.74) is 12.5. The standard InChI is InChI=1S/C17H17N3O3/c18-17(19)20-16(21)13(12-4-2-1-3-5-12)8-11-6-7-14-15(9-11)23-10-22-14/h1-7,9,13H,8,10H2,(H4,18,19,20,21)/t13-/m1/s1. The number of carbonyl (C=O) groups is 1. The zero-order chi connectivity index (χ0) is 16.2. The van der Waals surface area contributed by atoms with Gasteiger partial charge in [-0.1, -0.05) is 36.4 Å². The van der Waals surface area contributed by atoms with Crippen molar-refractivity contribution in [3.8, 4) is 11.5 Å². The first kappa shape index (κ1) is 14.9. The van der Waals surface area contributed by atoms with Crippen LogP contribution in [0.4, 0.5) is 0 Å². The Morgan fingerprint density at radius 2 is 1.83 bits per heavy atom. The van der Waals surface area contributed by atoms with Crippen LogP contribution in [0.2, 0.25) is 0 Å². The Balaban J connectivity index is 1.89. The molecule has 0 fully saturated rings. The number of hydrogen-bond donors (Lipinski definition) is 2. The minimum atomic E-state index is -0.460. The van der Waals surface area contributed by atoms with E-state index in [9.17, 15) is 4.79 Å². The normalized spacial score (nSPS) is 13.4. The maximum absolute atomic E-state index is 12.4. The Labute approximate surface area is 133 Å². The molecule has 2 aromatic carbocycles. The molecule has 0 radical (unpaired) electrons. The second-order valence-electron chi connectivity index (χ2n) is 5.23. The first-order valence-electron chi connectivity index (χ1n) is 7.20. The van der Waals surface area contributed by atoms with Crippen molar-refractivity contribution < 1.29 is 14.3 Å². The molecule has 0 spiro atoms. The summed E-state index contributed by atoms with van der Waals surface area (Å²) in [5.74, 6) is 0.332. The maximum Gasteiger partial charge on any atom is 0.256 e. The predicted molar refractivity (Wildman–Crippen MR) is 86.3 cm³/mol. The summed E-state index contributed by atoms with van der Waals surface area (Å²) in [4.78, 5) is 16.1. The summed E-state index contributed by atoms with van der Waals surface area (Å²) in [7, 11) is 0. The minimum Gasteiger partial charge on any atom is -0.454 e. The molecule has 2 aromatic rings. The number of fused-ring (bicyclic) bond motifs is 1. The fraction of sp³-hybridized carbons (Fsp3) is 0.176. The van der Waals surface area contributed by atoms with E-state index in [4.69, 9.17) is 20.9 Å². The lowest BCUT2D eigenvalue weighted by atomic mass is 9.91. The molecule has 0 saturated heterocycles. The lowest BCUT2D eigenvalue weighted by Gasteiger charge is -2.14. The number of nitrogens with zero attached hydrogens (tertiary/aromatic N) is 1. The molecule has 1 amide bonds. The number of guanidine groups is 1. The Morgan fingerprint density at radius 3 is 2.57 bits per heavy atom. The van der Waals surface area contributed by atoms with Gasteiger partial charge in [0.25, 0.3) is 5.91 Å². The fourth-order valence-electron chi connectivity index (χ4n) is 2.54. The van der Waals surface area contributed by atoms with Crippen LogP contribution in [0.5, 0.6) is 11.5 Å². The molecule has 1 heterocycles. The molecule has 6 heteroatoms. The molecular formula is C17H17N3O3. The van der Waals surface area contributed by atoms with Crippen molar-refractivity contribution in [1.29, 1.82) is 0 Å². The highest BCUT2D eigenvalue weighted by molar-refractivity contribution is 5.95. The molecule has 0 bridgehead atoms. The number of hydrogen-bond acceptors (Lipinski definition) is 3. The molecule has 3 rings (SSSR count). The lowest BCUT2D eigenvalue weighted by Crippen LogP contribution is -2.26. The van der Waals surface area contributed by atoms with E-state index in [-0.39, 0.29) is 18.7 Å². The van der Waals surface area contributed by atoms with Crippen LogP contribution < -0.4 is 20.9 Å². The molecule has 4 N–H and O–H groups in total. The van der Waals surface area contributed by atoms with Gasteiger partial charge >= 0.3 is 0 Å². The van der Waals surface area contributed by atoms with Crippen LogP contribution in [0, 0.1) is 0 Å². The van der Waals surface area contributed by atoms with Gasteiger partial charge in [0, 0.05) is 0 Å². The van der Waals surface area contributed by atoms with E-state index < -0.39 is 5.92 Å². The molecule has 1 atom stereocenters. The first-order chi connectivity index (χ1) is 11.1. The van der Waals surface area contributed by atoms with Gasteiger partial charge in [0.2, 0.25) is 6.79 Å². The average Bonchev–Trinajstić information content (AvgIpc) is 3.00. The summed E-state index contributed by atoms with van der Waals surface area (Å²) < 4.78 is 10.7. The zero-order valence-corrected chi connectivity index (χ0v) is 12.4. The summed E-state index contributed by atoms with van der Waals surface area (Å²) in [6.45, 7) is 0.216. The van der Waals surface area contributed by atoms with Gasteiger partial charge in [-0.2, -0.15) is 4.99 Å². The molecule has 0 saturated carbocycles. The van der Waals surface area contributed by atoms with Crippen molar-refractivity contribution in [3.05, 3.63) is 59.7 Å². The van der Waals surface area contributed by atoms with E-state index >= 15 is 0 Å². The molecule has 1 aliphatic rings. The van der Waals surface area contributed by atoms with Crippen molar-refractivity contribution in [1.82, 2.24) is 0 Å². The lowest BCUT2D eigenvalue weighted by molar-refractivity contribution is -0.119. The molecule has 23 heavy (non-hydrogen) atoms. The van der Waals surface area contributed by atoms with E-state index in [1.807, 2.05) is 48.5 Å². The SMILES string of the molecule is NC(N)=NC(=O)[C@H](Cc1ccc2c(c1)OCO2)c1ccccc1. The number of benzene rings is 2. The third-order valence-electron chi connectivity index (χ3n) is 3.62. The average molecular weight is 311 g/mol. The summed E-state index contributed by atoms with van der Waals surface area (Å²) in [5, 5.41) is 0. The van der Waals surface area contributed by atoms with Crippen molar-refractivity contribution in [2.75, 3.05) is 6.79 Å². The monoisotopic (exact) mass is 311 g/mol. The summed E-state index contributed by atoms with van der Waals surface area (Å²) in [6, 6.07) is 15.1. The van der Waals surface area contributed by atoms with E-state index in [0.29, 0.717) is 17.9 Å². The van der Waals surface area contributed by atoms with E-state index in [0.717, 1.165) is 11.1 Å². The highest BCUT2D eigenvalue weighted by Gasteiger charge is 2.22. The molecular weight excluding hydrogens is 294 g/mol. The highest BCUT2D eigenvalue weighted by atomic mass is 16.7. The second-order valence-corrected chi connectivity index (χ2v) is 5.23. The number of amides is 1. The van der Waals surface area contributed by atoms with Crippen molar-refractivity contribution in [3.63, 3.8) is 0 Å². The molecule has 0 aromatic heterocycles. The quantitative estimate of drug-likeness (QED) is 0.659. The smallest absolute Gasteiger partial charge is 0.256 e. The predicted octanol–water partition coefficient (Wildman–Crippen LogP) is 1.54. The number of ether oxygens (including phenoxy) is 2. The second kappa shape index (κ2) is 6.39. The molecule has 0 unspecified atom stereocenters. The molecule has 118 valence electrons. The van der Waals surface area contributed by atoms with Gasteiger partial charge in [-0.05, 0) is 29.7 Å².